The maximum absolute atomic E-state index is 13.4. The van der Waals surface area contributed by atoms with Crippen molar-refractivity contribution >= 4 is 27.5 Å². The lowest BCUT2D eigenvalue weighted by atomic mass is 10.1. The summed E-state index contributed by atoms with van der Waals surface area (Å²) < 4.78 is 43.7. The highest BCUT2D eigenvalue weighted by atomic mass is 79.9. The molecule has 0 bridgehead atoms. The SMILES string of the molecule is Fc1ccc(-c2noc(Br)c2Cl)c(F)c1F. The van der Waals surface area contributed by atoms with Crippen molar-refractivity contribution in [1.29, 1.82) is 0 Å². The van der Waals surface area contributed by atoms with Crippen molar-refractivity contribution < 1.29 is 17.7 Å². The number of aromatic nitrogens is 1. The van der Waals surface area contributed by atoms with Gasteiger partial charge in [0.2, 0.25) is 4.67 Å². The van der Waals surface area contributed by atoms with E-state index < -0.39 is 17.5 Å². The Bertz CT molecular complexity index is 558. The third-order valence-electron chi connectivity index (χ3n) is 1.89. The summed E-state index contributed by atoms with van der Waals surface area (Å²) in [6, 6.07) is 1.82. The molecule has 0 unspecified atom stereocenters. The van der Waals surface area contributed by atoms with E-state index >= 15 is 0 Å². The molecule has 0 fully saturated rings. The Kier molecular flexibility index (Phi) is 2.94. The summed E-state index contributed by atoms with van der Waals surface area (Å²) in [6.45, 7) is 0. The summed E-state index contributed by atoms with van der Waals surface area (Å²) in [4.78, 5) is 0. The highest BCUT2D eigenvalue weighted by molar-refractivity contribution is 9.10. The van der Waals surface area contributed by atoms with Crippen molar-refractivity contribution in [2.75, 3.05) is 0 Å². The number of nitrogens with zero attached hydrogens (tertiary/aromatic N) is 1. The minimum Gasteiger partial charge on any atom is -0.347 e. The molecule has 1 aromatic carbocycles. The van der Waals surface area contributed by atoms with Crippen LogP contribution in [-0.4, -0.2) is 5.16 Å². The van der Waals surface area contributed by atoms with Gasteiger partial charge in [-0.25, -0.2) is 13.2 Å². The average Bonchev–Trinajstić information content (AvgIpc) is 2.58. The Labute approximate surface area is 101 Å². The van der Waals surface area contributed by atoms with Crippen LogP contribution in [0.1, 0.15) is 0 Å². The second kappa shape index (κ2) is 4.10. The molecule has 0 N–H and O–H groups in total. The minimum atomic E-state index is -1.58. The van der Waals surface area contributed by atoms with Crippen molar-refractivity contribution in [2.45, 2.75) is 0 Å². The molecular weight excluding hydrogens is 310 g/mol. The summed E-state index contributed by atoms with van der Waals surface area (Å²) in [5.41, 5.74) is -0.358. The largest absolute Gasteiger partial charge is 0.347 e. The van der Waals surface area contributed by atoms with Crippen LogP contribution in [0.2, 0.25) is 5.02 Å². The fraction of sp³-hybridized carbons (Fsp3) is 0. The molecular formula is C9H2BrClF3NO. The Hall–Kier alpha value is -1.01. The van der Waals surface area contributed by atoms with Crippen LogP contribution >= 0.6 is 27.5 Å². The molecule has 2 aromatic rings. The zero-order chi connectivity index (χ0) is 11.9. The lowest BCUT2D eigenvalue weighted by Gasteiger charge is -2.01. The summed E-state index contributed by atoms with van der Waals surface area (Å²) in [7, 11) is 0. The number of hydrogen-bond donors (Lipinski definition) is 0. The first kappa shape index (κ1) is 11.5. The van der Waals surface area contributed by atoms with Gasteiger partial charge in [-0.05, 0) is 28.1 Å². The van der Waals surface area contributed by atoms with E-state index in [0.717, 1.165) is 12.1 Å². The Morgan fingerprint density at radius 1 is 1.19 bits per heavy atom. The molecule has 0 aliphatic carbocycles. The van der Waals surface area contributed by atoms with Gasteiger partial charge < -0.3 is 4.52 Å². The van der Waals surface area contributed by atoms with Crippen molar-refractivity contribution in [3.05, 3.63) is 39.3 Å². The van der Waals surface area contributed by atoms with Gasteiger partial charge in [-0.15, -0.1) is 0 Å². The lowest BCUT2D eigenvalue weighted by Crippen LogP contribution is -1.94. The minimum absolute atomic E-state index is 0.00934. The van der Waals surface area contributed by atoms with Crippen LogP contribution in [0.25, 0.3) is 11.3 Å². The van der Waals surface area contributed by atoms with Gasteiger partial charge in [0, 0.05) is 5.56 Å². The van der Waals surface area contributed by atoms with Gasteiger partial charge in [0.1, 0.15) is 10.7 Å². The molecule has 0 aliphatic heterocycles. The van der Waals surface area contributed by atoms with Crippen LogP contribution < -0.4 is 0 Å². The molecule has 0 saturated heterocycles. The summed E-state index contributed by atoms with van der Waals surface area (Å²) >= 11 is 8.64. The van der Waals surface area contributed by atoms with Gasteiger partial charge in [-0.2, -0.15) is 0 Å². The maximum Gasteiger partial charge on any atom is 0.221 e. The maximum atomic E-state index is 13.4. The first-order valence-corrected chi connectivity index (χ1v) is 5.14. The molecule has 0 spiro atoms. The number of benzene rings is 1. The van der Waals surface area contributed by atoms with Crippen LogP contribution in [0.4, 0.5) is 13.2 Å². The molecule has 84 valence electrons. The topological polar surface area (TPSA) is 26.0 Å². The van der Waals surface area contributed by atoms with Crippen LogP contribution in [0.5, 0.6) is 0 Å². The first-order valence-electron chi connectivity index (χ1n) is 3.97. The second-order valence-corrected chi connectivity index (χ2v) is 3.94. The zero-order valence-electron chi connectivity index (χ0n) is 7.40. The standard InChI is InChI=1S/C9H2BrClF3NO/c10-9-5(11)8(15-16-9)3-1-2-4(12)7(14)6(3)13/h1-2H. The molecule has 0 amide bonds. The molecule has 2 nitrogen and oxygen atoms in total. The number of hydrogen-bond acceptors (Lipinski definition) is 2. The van der Waals surface area contributed by atoms with Gasteiger partial charge in [-0.1, -0.05) is 16.8 Å². The fourth-order valence-corrected chi connectivity index (χ4v) is 1.57. The summed E-state index contributed by atoms with van der Waals surface area (Å²) in [5.74, 6) is -4.21. The van der Waals surface area contributed by atoms with Crippen molar-refractivity contribution in [3.8, 4) is 11.3 Å². The fourth-order valence-electron chi connectivity index (χ4n) is 1.14. The lowest BCUT2D eigenvalue weighted by molar-refractivity contribution is 0.401. The molecule has 7 heteroatoms. The smallest absolute Gasteiger partial charge is 0.221 e. The third kappa shape index (κ3) is 1.72. The van der Waals surface area contributed by atoms with Gasteiger partial charge in [-0.3, -0.25) is 0 Å². The predicted octanol–water partition coefficient (Wildman–Crippen LogP) is 4.17. The molecule has 0 atom stereocenters. The molecule has 1 heterocycles. The quantitative estimate of drug-likeness (QED) is 0.739. The van der Waals surface area contributed by atoms with E-state index in [1.54, 1.807) is 0 Å². The van der Waals surface area contributed by atoms with E-state index in [2.05, 4.69) is 25.6 Å². The van der Waals surface area contributed by atoms with E-state index in [0.29, 0.717) is 0 Å². The Balaban J connectivity index is 2.66. The van der Waals surface area contributed by atoms with Gasteiger partial charge in [0.15, 0.2) is 17.5 Å². The molecule has 16 heavy (non-hydrogen) atoms. The van der Waals surface area contributed by atoms with E-state index in [1.807, 2.05) is 0 Å². The van der Waals surface area contributed by atoms with E-state index in [4.69, 9.17) is 11.6 Å². The molecule has 0 saturated carbocycles. The number of rotatable bonds is 1. The molecule has 0 aliphatic rings. The Morgan fingerprint density at radius 2 is 1.88 bits per heavy atom. The molecule has 0 radical (unpaired) electrons. The normalized spacial score (nSPS) is 10.8. The van der Waals surface area contributed by atoms with E-state index in [1.165, 1.54) is 0 Å². The average molecular weight is 312 g/mol. The zero-order valence-corrected chi connectivity index (χ0v) is 9.74. The monoisotopic (exact) mass is 311 g/mol. The highest BCUT2D eigenvalue weighted by Gasteiger charge is 2.21. The van der Waals surface area contributed by atoms with Crippen LogP contribution in [-0.2, 0) is 0 Å². The second-order valence-electron chi connectivity index (χ2n) is 2.84. The van der Waals surface area contributed by atoms with E-state index in [-0.39, 0.29) is 20.9 Å². The summed E-state index contributed by atoms with van der Waals surface area (Å²) in [5, 5.41) is 3.42. The predicted molar refractivity (Wildman–Crippen MR) is 54.5 cm³/mol. The van der Waals surface area contributed by atoms with E-state index in [9.17, 15) is 13.2 Å². The van der Waals surface area contributed by atoms with Crippen LogP contribution in [0, 0.1) is 17.5 Å². The summed E-state index contributed by atoms with van der Waals surface area (Å²) in [6.07, 6.45) is 0. The molecule has 1 aromatic heterocycles. The van der Waals surface area contributed by atoms with Crippen molar-refractivity contribution in [2.24, 2.45) is 0 Å². The first-order chi connectivity index (χ1) is 7.52. The van der Waals surface area contributed by atoms with Gasteiger partial charge in [0.05, 0.1) is 0 Å². The van der Waals surface area contributed by atoms with Crippen LogP contribution in [0.3, 0.4) is 0 Å². The Morgan fingerprint density at radius 3 is 2.44 bits per heavy atom. The van der Waals surface area contributed by atoms with Gasteiger partial charge in [0.25, 0.3) is 0 Å². The van der Waals surface area contributed by atoms with Crippen molar-refractivity contribution in [3.63, 3.8) is 0 Å². The third-order valence-corrected chi connectivity index (χ3v) is 3.01. The van der Waals surface area contributed by atoms with Crippen molar-refractivity contribution in [1.82, 2.24) is 5.16 Å². The molecule has 2 rings (SSSR count). The van der Waals surface area contributed by atoms with Crippen LogP contribution in [0.15, 0.2) is 21.3 Å². The van der Waals surface area contributed by atoms with Gasteiger partial charge >= 0.3 is 0 Å². The number of halogens is 5. The highest BCUT2D eigenvalue weighted by Crippen LogP contribution is 2.35.